The molecule has 0 saturated carbocycles. The Labute approximate surface area is 107 Å². The molecule has 0 spiro atoms. The lowest BCUT2D eigenvalue weighted by atomic mass is 10.4. The van der Waals surface area contributed by atoms with Gasteiger partial charge in [0.1, 0.15) is 0 Å². The number of hydrogen-bond acceptors (Lipinski definition) is 2. The smallest absolute Gasteiger partial charge is 0.316 e. The van der Waals surface area contributed by atoms with Crippen LogP contribution in [0.2, 0.25) is 24.2 Å². The van der Waals surface area contributed by atoms with Gasteiger partial charge in [-0.1, -0.05) is 27.7 Å². The van der Waals surface area contributed by atoms with Gasteiger partial charge in [-0.05, 0) is 24.2 Å². The third kappa shape index (κ3) is 6.30. The average Bonchev–Trinajstić information content (AvgIpc) is 2.28. The van der Waals surface area contributed by atoms with E-state index in [0.29, 0.717) is 0 Å². The third-order valence-electron chi connectivity index (χ3n) is 2.48. The van der Waals surface area contributed by atoms with Crippen LogP contribution >= 0.6 is 0 Å². The molecular weight excluding hydrogens is 256 g/mol. The molecule has 0 unspecified atom stereocenters. The van der Waals surface area contributed by atoms with Crippen molar-refractivity contribution in [2.45, 2.75) is 64.7 Å². The monoisotopic (exact) mass is 279 g/mol. The normalized spacial score (nSPS) is 13.6. The third-order valence-corrected chi connectivity index (χ3v) is 6.69. The molecule has 0 bridgehead atoms. The van der Waals surface area contributed by atoms with E-state index in [2.05, 4.69) is 4.66 Å². The first-order valence-electron chi connectivity index (χ1n) is 6.23. The molecule has 0 fully saturated rings. The van der Waals surface area contributed by atoms with E-state index in [9.17, 15) is 8.78 Å². The summed E-state index contributed by atoms with van der Waals surface area (Å²) in [7, 11) is -2.23. The Morgan fingerprint density at radius 2 is 1.53 bits per heavy atom. The highest BCUT2D eigenvalue weighted by Crippen LogP contribution is 2.19. The van der Waals surface area contributed by atoms with E-state index in [0.717, 1.165) is 31.1 Å². The molecule has 0 amide bonds. The van der Waals surface area contributed by atoms with Crippen LogP contribution in [0.1, 0.15) is 34.6 Å². The summed E-state index contributed by atoms with van der Waals surface area (Å²) in [6, 6.07) is 3.39. The Morgan fingerprint density at radius 1 is 1.06 bits per heavy atom. The van der Waals surface area contributed by atoms with Crippen molar-refractivity contribution in [3.05, 3.63) is 0 Å². The van der Waals surface area contributed by atoms with Gasteiger partial charge in [0.15, 0.2) is 0 Å². The predicted molar refractivity (Wildman–Crippen MR) is 72.6 cm³/mol. The molecule has 6 heteroatoms. The standard InChI is InChI=1S/C11H23F2NOSi2/c1-6-16(7-2)14-10(11(5,12)13)15-17(8-3)9-4/h6-9H2,1-5H3/b14-10+. The summed E-state index contributed by atoms with van der Waals surface area (Å²) in [6.07, 6.45) is 0. The van der Waals surface area contributed by atoms with Crippen molar-refractivity contribution in [2.24, 2.45) is 4.66 Å². The number of rotatable bonds is 7. The van der Waals surface area contributed by atoms with Crippen LogP contribution in [0, 0.1) is 0 Å². The van der Waals surface area contributed by atoms with Gasteiger partial charge < -0.3 is 4.43 Å². The second kappa shape index (κ2) is 7.97. The van der Waals surface area contributed by atoms with Crippen molar-refractivity contribution < 1.29 is 13.2 Å². The lowest BCUT2D eigenvalue weighted by Crippen LogP contribution is -2.34. The van der Waals surface area contributed by atoms with Crippen LogP contribution in [-0.4, -0.2) is 29.8 Å². The van der Waals surface area contributed by atoms with Gasteiger partial charge in [0, 0.05) is 6.92 Å². The van der Waals surface area contributed by atoms with E-state index in [-0.39, 0.29) is 5.90 Å². The van der Waals surface area contributed by atoms with E-state index in [1.807, 2.05) is 27.7 Å². The zero-order chi connectivity index (χ0) is 13.5. The minimum Gasteiger partial charge on any atom is -0.529 e. The van der Waals surface area contributed by atoms with Crippen molar-refractivity contribution in [1.29, 1.82) is 0 Å². The van der Waals surface area contributed by atoms with Crippen LogP contribution in [0.5, 0.6) is 0 Å². The maximum absolute atomic E-state index is 13.4. The number of alkyl halides is 2. The van der Waals surface area contributed by atoms with E-state index < -0.39 is 23.9 Å². The number of hydrogen-bond donors (Lipinski definition) is 0. The van der Waals surface area contributed by atoms with Crippen molar-refractivity contribution >= 4 is 23.9 Å². The molecule has 0 atom stereocenters. The van der Waals surface area contributed by atoms with Crippen LogP contribution in [0.25, 0.3) is 0 Å². The second-order valence-electron chi connectivity index (χ2n) is 3.93. The summed E-state index contributed by atoms with van der Waals surface area (Å²) in [5, 5.41) is 0. The Hall–Kier alpha value is -0.236. The fraction of sp³-hybridized carbons (Fsp3) is 0.909. The predicted octanol–water partition coefficient (Wildman–Crippen LogP) is 4.12. The molecule has 0 heterocycles. The number of nitrogens with zero attached hydrogens (tertiary/aromatic N) is 1. The van der Waals surface area contributed by atoms with Gasteiger partial charge in [-0.25, -0.2) is 0 Å². The first-order valence-corrected chi connectivity index (χ1v) is 9.91. The highest BCUT2D eigenvalue weighted by molar-refractivity contribution is 6.59. The molecule has 100 valence electrons. The van der Waals surface area contributed by atoms with Crippen LogP contribution in [-0.2, 0) is 4.43 Å². The highest BCUT2D eigenvalue weighted by Gasteiger charge is 2.34. The van der Waals surface area contributed by atoms with E-state index in [1.54, 1.807) is 0 Å². The molecule has 0 saturated heterocycles. The summed E-state index contributed by atoms with van der Waals surface area (Å²) in [5.41, 5.74) is 0. The molecule has 0 N–H and O–H groups in total. The van der Waals surface area contributed by atoms with E-state index in [1.165, 1.54) is 0 Å². The Morgan fingerprint density at radius 3 is 1.82 bits per heavy atom. The van der Waals surface area contributed by atoms with Crippen LogP contribution in [0.15, 0.2) is 4.66 Å². The molecule has 0 aliphatic rings. The van der Waals surface area contributed by atoms with Gasteiger partial charge in [-0.15, -0.1) is 0 Å². The molecule has 17 heavy (non-hydrogen) atoms. The topological polar surface area (TPSA) is 21.6 Å². The SMILES string of the molecule is CC[Si](CC)/N=C(/O[Si](CC)CC)C(C)(F)F. The van der Waals surface area contributed by atoms with Crippen molar-refractivity contribution in [2.75, 3.05) is 0 Å². The van der Waals surface area contributed by atoms with Crippen LogP contribution in [0.3, 0.4) is 0 Å². The maximum Gasteiger partial charge on any atom is 0.316 e. The van der Waals surface area contributed by atoms with Gasteiger partial charge in [0.25, 0.3) is 9.04 Å². The summed E-state index contributed by atoms with van der Waals surface area (Å²) < 4.78 is 36.5. The summed E-state index contributed by atoms with van der Waals surface area (Å²) in [4.78, 5) is 0. The maximum atomic E-state index is 13.4. The highest BCUT2D eigenvalue weighted by atomic mass is 28.3. The van der Waals surface area contributed by atoms with Crippen LogP contribution < -0.4 is 0 Å². The fourth-order valence-electron chi connectivity index (χ4n) is 1.29. The Balaban J connectivity index is 4.88. The minimum atomic E-state index is -2.94. The molecule has 0 aromatic carbocycles. The van der Waals surface area contributed by atoms with Crippen LogP contribution in [0.4, 0.5) is 8.78 Å². The fourth-order valence-corrected chi connectivity index (χ4v) is 4.02. The van der Waals surface area contributed by atoms with Gasteiger partial charge >= 0.3 is 5.92 Å². The molecule has 0 aromatic heterocycles. The lowest BCUT2D eigenvalue weighted by Gasteiger charge is -2.21. The first kappa shape index (κ1) is 16.8. The van der Waals surface area contributed by atoms with Gasteiger partial charge in [-0.2, -0.15) is 8.78 Å². The second-order valence-corrected chi connectivity index (χ2v) is 9.39. The molecular formula is C11H23F2NOSi2. The van der Waals surface area contributed by atoms with Gasteiger partial charge in [0.2, 0.25) is 14.9 Å². The minimum absolute atomic E-state index is 0.312. The number of halogens is 2. The van der Waals surface area contributed by atoms with E-state index >= 15 is 0 Å². The molecule has 0 rings (SSSR count). The zero-order valence-corrected chi connectivity index (χ0v) is 13.4. The molecule has 0 aromatic rings. The van der Waals surface area contributed by atoms with Crippen molar-refractivity contribution in [3.8, 4) is 0 Å². The summed E-state index contributed by atoms with van der Waals surface area (Å²) in [5.74, 6) is -3.26. The Kier molecular flexibility index (Phi) is 7.86. The zero-order valence-electron chi connectivity index (χ0n) is 11.4. The van der Waals surface area contributed by atoms with Crippen molar-refractivity contribution in [1.82, 2.24) is 0 Å². The molecule has 0 aliphatic carbocycles. The summed E-state index contributed by atoms with van der Waals surface area (Å²) >= 11 is 0. The largest absolute Gasteiger partial charge is 0.529 e. The molecule has 2 radical (unpaired) electrons. The van der Waals surface area contributed by atoms with E-state index in [4.69, 9.17) is 4.43 Å². The average molecular weight is 279 g/mol. The Bertz CT molecular complexity index is 236. The summed E-state index contributed by atoms with van der Waals surface area (Å²) in [6.45, 7) is 8.83. The van der Waals surface area contributed by atoms with Gasteiger partial charge in [0.05, 0.1) is 0 Å². The molecule has 0 aliphatic heterocycles. The van der Waals surface area contributed by atoms with Crippen molar-refractivity contribution in [3.63, 3.8) is 0 Å². The quantitative estimate of drug-likeness (QED) is 0.390. The molecule has 2 nitrogen and oxygen atoms in total. The lowest BCUT2D eigenvalue weighted by molar-refractivity contribution is 0.0817. The first-order chi connectivity index (χ1) is 7.88. The van der Waals surface area contributed by atoms with Gasteiger partial charge in [-0.3, -0.25) is 4.66 Å².